The molecule has 0 radical (unpaired) electrons. The molecular formula is C23H19Cl2FN2. The summed E-state index contributed by atoms with van der Waals surface area (Å²) in [5.41, 5.74) is 4.54. The molecule has 0 atom stereocenters. The van der Waals surface area contributed by atoms with E-state index in [0.29, 0.717) is 0 Å². The van der Waals surface area contributed by atoms with E-state index >= 15 is 0 Å². The summed E-state index contributed by atoms with van der Waals surface area (Å²) in [7, 11) is 0. The van der Waals surface area contributed by atoms with Gasteiger partial charge >= 0.3 is 0 Å². The van der Waals surface area contributed by atoms with Crippen molar-refractivity contribution < 1.29 is 38.3 Å². The number of rotatable bonds is 4. The van der Waals surface area contributed by atoms with Crippen LogP contribution in [-0.4, -0.2) is 0 Å². The molecule has 5 heteroatoms. The van der Waals surface area contributed by atoms with Crippen LogP contribution in [0.4, 0.5) is 4.39 Å². The lowest BCUT2D eigenvalue weighted by molar-refractivity contribution is -0.688. The third kappa shape index (κ3) is 5.16. The molecule has 0 saturated carbocycles. The lowest BCUT2D eigenvalue weighted by Gasteiger charge is -2.02. The predicted molar refractivity (Wildman–Crippen MR) is 99.1 cm³/mol. The highest BCUT2D eigenvalue weighted by Gasteiger charge is 2.08. The smallest absolute Gasteiger partial charge is 0.210 e. The van der Waals surface area contributed by atoms with Gasteiger partial charge in [-0.05, 0) is 23.3 Å². The summed E-state index contributed by atoms with van der Waals surface area (Å²) in [5.74, 6) is -0.223. The first kappa shape index (κ1) is 21.5. The van der Waals surface area contributed by atoms with Gasteiger partial charge in [-0.15, -0.1) is 0 Å². The number of pyridine rings is 2. The van der Waals surface area contributed by atoms with Gasteiger partial charge in [0.2, 0.25) is 5.69 Å². The molecule has 28 heavy (non-hydrogen) atoms. The largest absolute Gasteiger partial charge is 1.00 e. The fourth-order valence-corrected chi connectivity index (χ4v) is 2.95. The summed E-state index contributed by atoms with van der Waals surface area (Å²) < 4.78 is 17.2. The molecule has 0 bridgehead atoms. The summed E-state index contributed by atoms with van der Waals surface area (Å²) in [5, 5.41) is 0. The van der Waals surface area contributed by atoms with Crippen LogP contribution in [0.1, 0.15) is 5.56 Å². The summed E-state index contributed by atoms with van der Waals surface area (Å²) in [6, 6.07) is 25.3. The average Bonchev–Trinajstić information content (AvgIpc) is 2.70. The topological polar surface area (TPSA) is 7.76 Å². The van der Waals surface area contributed by atoms with Crippen molar-refractivity contribution in [2.75, 3.05) is 0 Å². The van der Waals surface area contributed by atoms with Crippen molar-refractivity contribution in [3.63, 3.8) is 0 Å². The van der Waals surface area contributed by atoms with Crippen LogP contribution < -0.4 is 33.9 Å². The molecule has 0 aliphatic carbocycles. The molecule has 142 valence electrons. The maximum atomic E-state index is 13.0. The standard InChI is InChI=1S/C23H19FN2.2ClH/c24-22-6-8-23(9-7-22)26-16-12-21(13-17-26)20-10-14-25(15-11-20)18-19-4-2-1-3-5-19;;/h1-17H,18H2;2*1H/q+2;;/p-2. The molecule has 0 fully saturated rings. The Morgan fingerprint density at radius 3 is 1.71 bits per heavy atom. The molecular weight excluding hydrogens is 394 g/mol. The fourth-order valence-electron chi connectivity index (χ4n) is 2.95. The lowest BCUT2D eigenvalue weighted by atomic mass is 10.1. The monoisotopic (exact) mass is 412 g/mol. The highest BCUT2D eigenvalue weighted by molar-refractivity contribution is 5.61. The number of benzene rings is 2. The van der Waals surface area contributed by atoms with Gasteiger partial charge in [0.1, 0.15) is 5.82 Å². The van der Waals surface area contributed by atoms with Gasteiger partial charge in [0.15, 0.2) is 31.3 Å². The number of nitrogens with zero attached hydrogens (tertiary/aromatic N) is 2. The van der Waals surface area contributed by atoms with Crippen molar-refractivity contribution in [1.29, 1.82) is 0 Å². The highest BCUT2D eigenvalue weighted by Crippen LogP contribution is 2.16. The Bertz CT molecular complexity index is 987. The van der Waals surface area contributed by atoms with Crippen LogP contribution in [0.2, 0.25) is 0 Å². The Kier molecular flexibility index (Phi) is 7.68. The van der Waals surface area contributed by atoms with Gasteiger partial charge < -0.3 is 24.8 Å². The maximum Gasteiger partial charge on any atom is 0.210 e. The molecule has 2 heterocycles. The SMILES string of the molecule is Fc1ccc(-[n+]2ccc(-c3cc[n+](Cc4ccccc4)cc3)cc2)cc1.[Cl-].[Cl-]. The van der Waals surface area contributed by atoms with E-state index in [1.807, 2.05) is 23.0 Å². The van der Waals surface area contributed by atoms with E-state index in [-0.39, 0.29) is 30.6 Å². The van der Waals surface area contributed by atoms with Crippen molar-refractivity contribution in [3.05, 3.63) is 115 Å². The van der Waals surface area contributed by atoms with E-state index in [1.165, 1.54) is 23.3 Å². The summed E-state index contributed by atoms with van der Waals surface area (Å²) in [6.45, 7) is 0.862. The van der Waals surface area contributed by atoms with Crippen molar-refractivity contribution in [2.45, 2.75) is 6.54 Å². The van der Waals surface area contributed by atoms with Crippen molar-refractivity contribution in [3.8, 4) is 16.8 Å². The van der Waals surface area contributed by atoms with E-state index in [0.717, 1.165) is 17.8 Å². The zero-order valence-electron chi connectivity index (χ0n) is 15.1. The molecule has 2 aromatic heterocycles. The second-order valence-corrected chi connectivity index (χ2v) is 6.22. The zero-order chi connectivity index (χ0) is 17.8. The molecule has 0 N–H and O–H groups in total. The van der Waals surface area contributed by atoms with Gasteiger partial charge in [0.05, 0.1) is 0 Å². The van der Waals surface area contributed by atoms with Crippen molar-refractivity contribution >= 4 is 0 Å². The molecule has 0 unspecified atom stereocenters. The second kappa shape index (κ2) is 9.98. The average molecular weight is 413 g/mol. The predicted octanol–water partition coefficient (Wildman–Crippen LogP) is -1.89. The number of aromatic nitrogens is 2. The van der Waals surface area contributed by atoms with Crippen molar-refractivity contribution in [1.82, 2.24) is 0 Å². The number of hydrogen-bond acceptors (Lipinski definition) is 0. The zero-order valence-corrected chi connectivity index (χ0v) is 16.6. The van der Waals surface area contributed by atoms with Gasteiger partial charge in [-0.2, -0.15) is 4.57 Å². The second-order valence-electron chi connectivity index (χ2n) is 6.22. The molecule has 0 amide bonds. The number of hydrogen-bond donors (Lipinski definition) is 0. The minimum Gasteiger partial charge on any atom is -1.00 e. The van der Waals surface area contributed by atoms with Gasteiger partial charge in [-0.3, -0.25) is 0 Å². The van der Waals surface area contributed by atoms with Crippen molar-refractivity contribution in [2.24, 2.45) is 0 Å². The van der Waals surface area contributed by atoms with E-state index in [1.54, 1.807) is 12.1 Å². The van der Waals surface area contributed by atoms with Gasteiger partial charge in [0.25, 0.3) is 0 Å². The highest BCUT2D eigenvalue weighted by atomic mass is 35.5. The van der Waals surface area contributed by atoms with Gasteiger partial charge in [0, 0.05) is 42.0 Å². The van der Waals surface area contributed by atoms with E-state index < -0.39 is 0 Å². The molecule has 0 spiro atoms. The number of halogens is 3. The summed E-state index contributed by atoms with van der Waals surface area (Å²) >= 11 is 0. The third-order valence-corrected chi connectivity index (χ3v) is 4.39. The first-order chi connectivity index (χ1) is 12.8. The van der Waals surface area contributed by atoms with Crippen LogP contribution in [0.25, 0.3) is 16.8 Å². The van der Waals surface area contributed by atoms with E-state index in [9.17, 15) is 4.39 Å². The Balaban J connectivity index is 0.00000140. The minimum absolute atomic E-state index is 0. The van der Waals surface area contributed by atoms with Crippen LogP contribution >= 0.6 is 0 Å². The van der Waals surface area contributed by atoms with Gasteiger partial charge in [-0.25, -0.2) is 8.96 Å². The van der Waals surface area contributed by atoms with Crippen LogP contribution in [-0.2, 0) is 6.54 Å². The fraction of sp³-hybridized carbons (Fsp3) is 0.0435. The molecule has 2 nitrogen and oxygen atoms in total. The summed E-state index contributed by atoms with van der Waals surface area (Å²) in [4.78, 5) is 0. The molecule has 0 saturated heterocycles. The minimum atomic E-state index is -0.223. The van der Waals surface area contributed by atoms with Crippen LogP contribution in [0, 0.1) is 5.82 Å². The first-order valence-electron chi connectivity index (χ1n) is 8.59. The maximum absolute atomic E-state index is 13.0. The summed E-state index contributed by atoms with van der Waals surface area (Å²) in [6.07, 6.45) is 8.19. The van der Waals surface area contributed by atoms with Crippen LogP contribution in [0.3, 0.4) is 0 Å². The molecule has 2 aromatic carbocycles. The normalized spacial score (nSPS) is 9.89. The Morgan fingerprint density at radius 1 is 0.607 bits per heavy atom. The first-order valence-corrected chi connectivity index (χ1v) is 8.59. The molecule has 4 rings (SSSR count). The Labute approximate surface area is 176 Å². The van der Waals surface area contributed by atoms with Crippen LogP contribution in [0.5, 0.6) is 0 Å². The third-order valence-electron chi connectivity index (χ3n) is 4.39. The Hall–Kier alpha value is -2.75. The Morgan fingerprint density at radius 2 is 1.14 bits per heavy atom. The van der Waals surface area contributed by atoms with Gasteiger partial charge in [-0.1, -0.05) is 30.3 Å². The van der Waals surface area contributed by atoms with E-state index in [2.05, 4.69) is 65.5 Å². The lowest BCUT2D eigenvalue weighted by Crippen LogP contribution is -3.00. The van der Waals surface area contributed by atoms with E-state index in [4.69, 9.17) is 0 Å². The van der Waals surface area contributed by atoms with Crippen LogP contribution in [0.15, 0.2) is 104 Å². The quantitative estimate of drug-likeness (QED) is 0.346. The molecule has 4 aromatic rings. The molecule has 0 aliphatic heterocycles. The molecule has 0 aliphatic rings.